The molecule has 2 aliphatic rings. The first-order valence-corrected chi connectivity index (χ1v) is 18.0. The van der Waals surface area contributed by atoms with Gasteiger partial charge in [-0.1, -0.05) is 66.2 Å². The molecule has 0 bridgehead atoms. The molecule has 10 nitrogen and oxygen atoms in total. The smallest absolute Gasteiger partial charge is 0.266 e. The molecule has 50 heavy (non-hydrogen) atoms. The van der Waals surface area contributed by atoms with Crippen LogP contribution in [0.5, 0.6) is 0 Å². The van der Waals surface area contributed by atoms with Crippen LogP contribution in [0, 0.1) is 5.92 Å². The van der Waals surface area contributed by atoms with Crippen molar-refractivity contribution in [1.82, 2.24) is 20.5 Å². The number of carbonyl (C=O) groups is 3. The molecule has 0 radical (unpaired) electrons. The third kappa shape index (κ3) is 8.98. The van der Waals surface area contributed by atoms with Gasteiger partial charge in [-0.15, -0.1) is 0 Å². The topological polar surface area (TPSA) is 140 Å². The number of para-hydroxylation sites is 2. The summed E-state index contributed by atoms with van der Waals surface area (Å²) in [5, 5.41) is 6.87. The lowest BCUT2D eigenvalue weighted by Gasteiger charge is -2.31. The van der Waals surface area contributed by atoms with Crippen LogP contribution in [0.25, 0.3) is 11.1 Å². The van der Waals surface area contributed by atoms with Gasteiger partial charge in [0.15, 0.2) is 5.58 Å². The van der Waals surface area contributed by atoms with Crippen molar-refractivity contribution in [1.29, 1.82) is 0 Å². The summed E-state index contributed by atoms with van der Waals surface area (Å²) < 4.78 is 12.1. The molecule has 0 unspecified atom stereocenters. The number of ketones is 1. The first-order valence-electron chi connectivity index (χ1n) is 17.6. The molecule has 4 N–H and O–H groups in total. The number of Topliss-reactive ketones (excluding diaryl/α,β-unsaturated/α-hetero) is 1. The normalized spacial score (nSPS) is 21.9. The Morgan fingerprint density at radius 2 is 1.68 bits per heavy atom. The van der Waals surface area contributed by atoms with E-state index in [0.717, 1.165) is 36.8 Å². The predicted molar refractivity (Wildman–Crippen MR) is 193 cm³/mol. The molecule has 11 heteroatoms. The zero-order valence-corrected chi connectivity index (χ0v) is 29.2. The Morgan fingerprint density at radius 1 is 0.960 bits per heavy atom. The number of nitrogens with zero attached hydrogens (tertiary/aromatic N) is 2. The van der Waals surface area contributed by atoms with Gasteiger partial charge in [-0.3, -0.25) is 14.4 Å². The standard InChI is InChI=1S/C39H46ClN5O5/c1-42-32(20-15-25-7-3-2-4-8-25)39(48)45-23-30(49-24-27-11-16-28(40)17-12-27)22-34(45)37(47)43-33(21-26-13-18-29(41)19-14-26)36(46)38-44-31-9-5-6-10-35(31)50-38/h2-12,16-17,26,29-30,32-34,42H,13-15,18-24,41H2,1H3,(H,43,47)/t26-,29-,30-,32-,33+,34+/m1/s1. The molecule has 1 aromatic heterocycles. The van der Waals surface area contributed by atoms with Gasteiger partial charge in [-0.2, -0.15) is 0 Å². The van der Waals surface area contributed by atoms with Crippen molar-refractivity contribution in [2.75, 3.05) is 13.6 Å². The molecule has 4 aromatic rings. The number of carbonyl (C=O) groups excluding carboxylic acids is 3. The molecule has 1 saturated carbocycles. The Balaban J connectivity index is 1.21. The summed E-state index contributed by atoms with van der Waals surface area (Å²) in [5.41, 5.74) is 9.33. The fourth-order valence-electron chi connectivity index (χ4n) is 7.14. The van der Waals surface area contributed by atoms with E-state index in [-0.39, 0.29) is 42.2 Å². The van der Waals surface area contributed by atoms with Gasteiger partial charge in [0.2, 0.25) is 17.6 Å². The number of hydrogen-bond acceptors (Lipinski definition) is 8. The number of hydrogen-bond donors (Lipinski definition) is 3. The number of aryl methyl sites for hydroxylation is 1. The highest BCUT2D eigenvalue weighted by Crippen LogP contribution is 2.29. The van der Waals surface area contributed by atoms with Gasteiger partial charge in [-0.25, -0.2) is 4.98 Å². The number of nitrogens with one attached hydrogen (secondary N) is 2. The molecule has 1 aliphatic heterocycles. The van der Waals surface area contributed by atoms with Crippen molar-refractivity contribution >= 4 is 40.3 Å². The molecule has 264 valence electrons. The van der Waals surface area contributed by atoms with Crippen molar-refractivity contribution in [3.63, 3.8) is 0 Å². The number of amides is 2. The summed E-state index contributed by atoms with van der Waals surface area (Å²) in [4.78, 5) is 48.6. The number of likely N-dealkylation sites (N-methyl/N-ethyl adjacent to an activating group) is 1. The lowest BCUT2D eigenvalue weighted by Crippen LogP contribution is -2.54. The number of ether oxygens (including phenoxy) is 1. The lowest BCUT2D eigenvalue weighted by molar-refractivity contribution is -0.140. The van der Waals surface area contributed by atoms with Crippen molar-refractivity contribution in [3.8, 4) is 0 Å². The van der Waals surface area contributed by atoms with Crippen molar-refractivity contribution < 1.29 is 23.5 Å². The second-order valence-electron chi connectivity index (χ2n) is 13.6. The number of nitrogens with two attached hydrogens (primary N) is 1. The number of fused-ring (bicyclic) bond motifs is 1. The van der Waals surface area contributed by atoms with E-state index in [1.165, 1.54) is 0 Å². The fraction of sp³-hybridized carbons (Fsp3) is 0.436. The van der Waals surface area contributed by atoms with Gasteiger partial charge in [0.1, 0.15) is 11.6 Å². The monoisotopic (exact) mass is 699 g/mol. The quantitative estimate of drug-likeness (QED) is 0.148. The molecule has 2 heterocycles. The third-order valence-electron chi connectivity index (χ3n) is 10.1. The van der Waals surface area contributed by atoms with Crippen molar-refractivity contribution in [3.05, 3.63) is 101 Å². The molecule has 1 aliphatic carbocycles. The van der Waals surface area contributed by atoms with Crippen LogP contribution in [0.1, 0.15) is 66.8 Å². The summed E-state index contributed by atoms with van der Waals surface area (Å²) in [6, 6.07) is 22.5. The number of benzene rings is 3. The highest BCUT2D eigenvalue weighted by Gasteiger charge is 2.43. The van der Waals surface area contributed by atoms with Crippen LogP contribution >= 0.6 is 11.6 Å². The maximum Gasteiger partial charge on any atom is 0.266 e. The second kappa shape index (κ2) is 16.7. The highest BCUT2D eigenvalue weighted by molar-refractivity contribution is 6.30. The SMILES string of the molecule is CN[C@H](CCc1ccccc1)C(=O)N1C[C@H](OCc2ccc(Cl)cc2)C[C@H]1C(=O)N[C@@H](C[C@H]1CC[C@H](N)CC1)C(=O)c1nc2ccccc2o1. The van der Waals surface area contributed by atoms with E-state index in [1.54, 1.807) is 36.2 Å². The van der Waals surface area contributed by atoms with Crippen LogP contribution in [0.3, 0.4) is 0 Å². The van der Waals surface area contributed by atoms with E-state index in [1.807, 2.05) is 54.6 Å². The molecular weight excluding hydrogens is 654 g/mol. The van der Waals surface area contributed by atoms with Gasteiger partial charge < -0.3 is 30.4 Å². The third-order valence-corrected chi connectivity index (χ3v) is 10.3. The number of rotatable bonds is 14. The lowest BCUT2D eigenvalue weighted by atomic mass is 9.82. The Morgan fingerprint density at radius 3 is 2.40 bits per heavy atom. The van der Waals surface area contributed by atoms with Gasteiger partial charge in [0.25, 0.3) is 5.89 Å². The predicted octanol–water partition coefficient (Wildman–Crippen LogP) is 5.46. The first-order chi connectivity index (χ1) is 24.3. The molecule has 4 atom stereocenters. The average Bonchev–Trinajstić information content (AvgIpc) is 3.77. The van der Waals surface area contributed by atoms with E-state index in [2.05, 4.69) is 15.6 Å². The van der Waals surface area contributed by atoms with Gasteiger partial charge in [0, 0.05) is 24.0 Å². The second-order valence-corrected chi connectivity index (χ2v) is 14.0. The Hall–Kier alpha value is -4.09. The molecule has 2 amide bonds. The molecule has 3 aromatic carbocycles. The van der Waals surface area contributed by atoms with Crippen LogP contribution < -0.4 is 16.4 Å². The maximum atomic E-state index is 14.3. The molecule has 6 rings (SSSR count). The average molecular weight is 700 g/mol. The van der Waals surface area contributed by atoms with Crippen LogP contribution in [0.15, 0.2) is 83.3 Å². The fourth-order valence-corrected chi connectivity index (χ4v) is 7.26. The number of aromatic nitrogens is 1. The minimum atomic E-state index is -0.876. The number of oxazole rings is 1. The number of halogens is 1. The summed E-state index contributed by atoms with van der Waals surface area (Å²) in [5.74, 6) is -0.785. The van der Waals surface area contributed by atoms with E-state index in [4.69, 9.17) is 26.5 Å². The van der Waals surface area contributed by atoms with E-state index in [9.17, 15) is 14.4 Å². The minimum Gasteiger partial charge on any atom is -0.434 e. The van der Waals surface area contributed by atoms with Gasteiger partial charge >= 0.3 is 0 Å². The Labute approximate surface area is 298 Å². The van der Waals surface area contributed by atoms with Crippen LogP contribution in [0.2, 0.25) is 5.02 Å². The summed E-state index contributed by atoms with van der Waals surface area (Å²) in [7, 11) is 1.76. The molecular formula is C39H46ClN5O5. The van der Waals surface area contributed by atoms with E-state index < -0.39 is 24.0 Å². The summed E-state index contributed by atoms with van der Waals surface area (Å²) in [6.45, 7) is 0.558. The van der Waals surface area contributed by atoms with E-state index >= 15 is 0 Å². The molecule has 1 saturated heterocycles. The molecule has 0 spiro atoms. The summed E-state index contributed by atoms with van der Waals surface area (Å²) in [6.07, 6.45) is 5.08. The molecule has 2 fully saturated rings. The summed E-state index contributed by atoms with van der Waals surface area (Å²) >= 11 is 6.07. The Kier molecular flexibility index (Phi) is 12.0. The first kappa shape index (κ1) is 35.7. The largest absolute Gasteiger partial charge is 0.434 e. The highest BCUT2D eigenvalue weighted by atomic mass is 35.5. The van der Waals surface area contributed by atoms with Crippen molar-refractivity contribution in [2.45, 2.75) is 88.2 Å². The van der Waals surface area contributed by atoms with Crippen LogP contribution in [-0.4, -0.2) is 71.3 Å². The van der Waals surface area contributed by atoms with Gasteiger partial charge in [-0.05, 0) is 93.3 Å². The van der Waals surface area contributed by atoms with Crippen LogP contribution in [0.4, 0.5) is 0 Å². The van der Waals surface area contributed by atoms with Gasteiger partial charge in [0.05, 0.1) is 24.8 Å². The Bertz CT molecular complexity index is 1710. The zero-order valence-electron chi connectivity index (χ0n) is 28.4. The zero-order chi connectivity index (χ0) is 35.0. The number of likely N-dealkylation sites (tertiary alicyclic amines) is 1. The van der Waals surface area contributed by atoms with E-state index in [0.29, 0.717) is 48.4 Å². The maximum absolute atomic E-state index is 14.3. The minimum absolute atomic E-state index is 0.0382. The van der Waals surface area contributed by atoms with Crippen molar-refractivity contribution in [2.24, 2.45) is 11.7 Å². The van der Waals surface area contributed by atoms with Crippen LogP contribution in [-0.2, 0) is 27.4 Å².